The lowest BCUT2D eigenvalue weighted by Crippen LogP contribution is -2.35. The topological polar surface area (TPSA) is 111 Å². The second kappa shape index (κ2) is 7.51. The van der Waals surface area contributed by atoms with Gasteiger partial charge in [-0.25, -0.2) is 9.78 Å². The van der Waals surface area contributed by atoms with Crippen molar-refractivity contribution in [1.29, 1.82) is 0 Å². The first-order chi connectivity index (χ1) is 9.83. The Balaban J connectivity index is 2.39. The Kier molecular flexibility index (Phi) is 6.01. The first kappa shape index (κ1) is 16.8. The summed E-state index contributed by atoms with van der Waals surface area (Å²) in [4.78, 5) is 19.4. The van der Waals surface area contributed by atoms with Crippen molar-refractivity contribution in [3.8, 4) is 5.88 Å². The van der Waals surface area contributed by atoms with Gasteiger partial charge in [0.1, 0.15) is 17.6 Å². The molecule has 118 valence electrons. The number of nitrogens with zero attached hydrogens (tertiary/aromatic N) is 2. The third kappa shape index (κ3) is 6.15. The molecule has 0 aromatic carbocycles. The molecule has 0 aliphatic carbocycles. The van der Waals surface area contributed by atoms with Gasteiger partial charge < -0.3 is 25.8 Å². The molecule has 21 heavy (non-hydrogen) atoms. The average Bonchev–Trinajstić information content (AvgIpc) is 2.37. The highest BCUT2D eigenvalue weighted by molar-refractivity contribution is 5.68. The van der Waals surface area contributed by atoms with E-state index in [2.05, 4.69) is 20.6 Å². The SMILES string of the molecule is CCOc1ncnc(NCCNC(=O)OC(C)(C)C)c1N. The number of carbonyl (C=O) groups excluding carboxylic acids is 1. The van der Waals surface area contributed by atoms with Gasteiger partial charge in [0.15, 0.2) is 5.82 Å². The number of nitrogen functional groups attached to an aromatic ring is 1. The van der Waals surface area contributed by atoms with Crippen LogP contribution >= 0.6 is 0 Å². The molecule has 4 N–H and O–H groups in total. The monoisotopic (exact) mass is 297 g/mol. The highest BCUT2D eigenvalue weighted by Gasteiger charge is 2.15. The summed E-state index contributed by atoms with van der Waals surface area (Å²) in [6.45, 7) is 8.57. The van der Waals surface area contributed by atoms with Gasteiger partial charge in [-0.05, 0) is 27.7 Å². The molecule has 1 heterocycles. The number of carbonyl (C=O) groups is 1. The lowest BCUT2D eigenvalue weighted by atomic mass is 10.2. The van der Waals surface area contributed by atoms with Crippen LogP contribution in [-0.2, 0) is 4.74 Å². The van der Waals surface area contributed by atoms with E-state index in [4.69, 9.17) is 15.2 Å². The van der Waals surface area contributed by atoms with Gasteiger partial charge in [0.25, 0.3) is 0 Å². The molecule has 0 saturated heterocycles. The van der Waals surface area contributed by atoms with E-state index in [1.807, 2.05) is 27.7 Å². The predicted molar refractivity (Wildman–Crippen MR) is 80.3 cm³/mol. The zero-order valence-electron chi connectivity index (χ0n) is 12.9. The Hall–Kier alpha value is -2.25. The van der Waals surface area contributed by atoms with Gasteiger partial charge in [-0.1, -0.05) is 0 Å². The van der Waals surface area contributed by atoms with Crippen molar-refractivity contribution in [2.24, 2.45) is 0 Å². The largest absolute Gasteiger partial charge is 0.476 e. The molecule has 0 spiro atoms. The summed E-state index contributed by atoms with van der Waals surface area (Å²) in [7, 11) is 0. The van der Waals surface area contributed by atoms with Gasteiger partial charge in [-0.3, -0.25) is 0 Å². The van der Waals surface area contributed by atoms with E-state index in [1.54, 1.807) is 0 Å². The molecular formula is C13H23N5O3. The fourth-order valence-electron chi connectivity index (χ4n) is 1.43. The molecule has 8 nitrogen and oxygen atoms in total. The summed E-state index contributed by atoms with van der Waals surface area (Å²) in [6.07, 6.45) is 0.903. The van der Waals surface area contributed by atoms with Crippen LogP contribution < -0.4 is 21.1 Å². The van der Waals surface area contributed by atoms with E-state index in [0.717, 1.165) is 0 Å². The number of anilines is 2. The Morgan fingerprint density at radius 3 is 2.67 bits per heavy atom. The maximum Gasteiger partial charge on any atom is 0.407 e. The van der Waals surface area contributed by atoms with Crippen LogP contribution in [0.5, 0.6) is 5.88 Å². The van der Waals surface area contributed by atoms with Crippen LogP contribution in [0.25, 0.3) is 0 Å². The minimum absolute atomic E-state index is 0.343. The fraction of sp³-hybridized carbons (Fsp3) is 0.615. The normalized spacial score (nSPS) is 10.9. The van der Waals surface area contributed by atoms with E-state index in [-0.39, 0.29) is 0 Å². The maximum atomic E-state index is 11.4. The van der Waals surface area contributed by atoms with Gasteiger partial charge in [0.2, 0.25) is 5.88 Å². The molecule has 0 aliphatic rings. The van der Waals surface area contributed by atoms with Crippen molar-refractivity contribution in [2.45, 2.75) is 33.3 Å². The zero-order valence-corrected chi connectivity index (χ0v) is 12.9. The van der Waals surface area contributed by atoms with Crippen LogP contribution in [-0.4, -0.2) is 41.4 Å². The van der Waals surface area contributed by atoms with E-state index < -0.39 is 11.7 Å². The van der Waals surface area contributed by atoms with E-state index in [1.165, 1.54) is 6.33 Å². The summed E-state index contributed by atoms with van der Waals surface area (Å²) in [5.41, 5.74) is 5.70. The number of nitrogens with one attached hydrogen (secondary N) is 2. The lowest BCUT2D eigenvalue weighted by Gasteiger charge is -2.19. The fourth-order valence-corrected chi connectivity index (χ4v) is 1.43. The number of amides is 1. The second-order valence-corrected chi connectivity index (χ2v) is 5.23. The number of aromatic nitrogens is 2. The number of hydrogen-bond donors (Lipinski definition) is 3. The van der Waals surface area contributed by atoms with Crippen LogP contribution in [0, 0.1) is 0 Å². The van der Waals surface area contributed by atoms with Crippen molar-refractivity contribution >= 4 is 17.6 Å². The Morgan fingerprint density at radius 1 is 1.33 bits per heavy atom. The molecule has 0 bridgehead atoms. The molecule has 0 unspecified atom stereocenters. The van der Waals surface area contributed by atoms with Crippen LogP contribution in [0.1, 0.15) is 27.7 Å². The van der Waals surface area contributed by atoms with E-state index in [9.17, 15) is 4.79 Å². The molecule has 0 aliphatic heterocycles. The van der Waals surface area contributed by atoms with Crippen molar-refractivity contribution in [3.63, 3.8) is 0 Å². The van der Waals surface area contributed by atoms with E-state index in [0.29, 0.717) is 37.1 Å². The standard InChI is InChI=1S/C13H23N5O3/c1-5-20-11-9(14)10(17-8-18-11)15-6-7-16-12(19)21-13(2,3)4/h8H,5-7,14H2,1-4H3,(H,16,19)(H,15,17,18). The minimum Gasteiger partial charge on any atom is -0.476 e. The molecule has 0 fully saturated rings. The summed E-state index contributed by atoms with van der Waals surface area (Å²) in [5, 5.41) is 5.63. The van der Waals surface area contributed by atoms with Crippen LogP contribution in [0.3, 0.4) is 0 Å². The van der Waals surface area contributed by atoms with Crippen molar-refractivity contribution < 1.29 is 14.3 Å². The van der Waals surface area contributed by atoms with Crippen LogP contribution in [0.15, 0.2) is 6.33 Å². The first-order valence-corrected chi connectivity index (χ1v) is 6.77. The molecule has 1 aromatic heterocycles. The number of nitrogens with two attached hydrogens (primary N) is 1. The number of alkyl carbamates (subject to hydrolysis) is 1. The Bertz CT molecular complexity index is 473. The Morgan fingerprint density at radius 2 is 2.05 bits per heavy atom. The quantitative estimate of drug-likeness (QED) is 0.680. The molecule has 1 rings (SSSR count). The van der Waals surface area contributed by atoms with Crippen molar-refractivity contribution in [1.82, 2.24) is 15.3 Å². The van der Waals surface area contributed by atoms with Gasteiger partial charge >= 0.3 is 6.09 Å². The minimum atomic E-state index is -0.513. The smallest absolute Gasteiger partial charge is 0.407 e. The summed E-state index contributed by atoms with van der Waals surface area (Å²) in [5.74, 6) is 0.814. The summed E-state index contributed by atoms with van der Waals surface area (Å²) in [6, 6.07) is 0. The third-order valence-electron chi connectivity index (χ3n) is 2.21. The van der Waals surface area contributed by atoms with Gasteiger partial charge in [-0.2, -0.15) is 4.98 Å². The number of hydrogen-bond acceptors (Lipinski definition) is 7. The average molecular weight is 297 g/mol. The lowest BCUT2D eigenvalue weighted by molar-refractivity contribution is 0.0530. The number of ether oxygens (including phenoxy) is 2. The number of rotatable bonds is 6. The highest BCUT2D eigenvalue weighted by Crippen LogP contribution is 2.23. The van der Waals surface area contributed by atoms with Crippen LogP contribution in [0.4, 0.5) is 16.3 Å². The van der Waals surface area contributed by atoms with Gasteiger partial charge in [0.05, 0.1) is 6.61 Å². The molecular weight excluding hydrogens is 274 g/mol. The van der Waals surface area contributed by atoms with Gasteiger partial charge in [-0.15, -0.1) is 0 Å². The van der Waals surface area contributed by atoms with Crippen molar-refractivity contribution in [2.75, 3.05) is 30.7 Å². The van der Waals surface area contributed by atoms with Crippen LogP contribution in [0.2, 0.25) is 0 Å². The highest BCUT2D eigenvalue weighted by atomic mass is 16.6. The molecule has 1 amide bonds. The first-order valence-electron chi connectivity index (χ1n) is 6.77. The molecule has 0 radical (unpaired) electrons. The maximum absolute atomic E-state index is 11.4. The zero-order chi connectivity index (χ0) is 15.9. The third-order valence-corrected chi connectivity index (χ3v) is 2.21. The molecule has 0 saturated carbocycles. The van der Waals surface area contributed by atoms with Gasteiger partial charge in [0, 0.05) is 13.1 Å². The van der Waals surface area contributed by atoms with Crippen molar-refractivity contribution in [3.05, 3.63) is 6.33 Å². The summed E-state index contributed by atoms with van der Waals surface area (Å²) >= 11 is 0. The van der Waals surface area contributed by atoms with E-state index >= 15 is 0 Å². The molecule has 1 aromatic rings. The Labute approximate surface area is 124 Å². The molecule has 8 heteroatoms. The summed E-state index contributed by atoms with van der Waals surface area (Å²) < 4.78 is 10.4. The predicted octanol–water partition coefficient (Wildman–Crippen LogP) is 1.39. The second-order valence-electron chi connectivity index (χ2n) is 5.23. The molecule has 0 atom stereocenters.